The van der Waals surface area contributed by atoms with E-state index in [9.17, 15) is 16.8 Å². The minimum absolute atomic E-state index is 0.106. The van der Waals surface area contributed by atoms with Crippen molar-refractivity contribution in [2.24, 2.45) is 0 Å². The molecular formula is C18H16Cl2O6S2. The van der Waals surface area contributed by atoms with E-state index in [0.717, 1.165) is 0 Å². The van der Waals surface area contributed by atoms with E-state index in [1.165, 1.54) is 24.3 Å². The molecular weight excluding hydrogens is 447 g/mol. The summed E-state index contributed by atoms with van der Waals surface area (Å²) in [6, 6.07) is 8.70. The lowest BCUT2D eigenvalue weighted by Crippen LogP contribution is -2.01. The van der Waals surface area contributed by atoms with Crippen molar-refractivity contribution in [1.82, 2.24) is 0 Å². The molecule has 3 rings (SSSR count). The highest BCUT2D eigenvalue weighted by Gasteiger charge is 2.21. The molecule has 0 N–H and O–H groups in total. The Morgan fingerprint density at radius 1 is 0.679 bits per heavy atom. The zero-order chi connectivity index (χ0) is 20.7. The number of rotatable bonds is 6. The molecule has 0 radical (unpaired) electrons. The van der Waals surface area contributed by atoms with Crippen molar-refractivity contribution in [3.05, 3.63) is 36.4 Å². The van der Waals surface area contributed by atoms with Gasteiger partial charge < -0.3 is 9.47 Å². The molecule has 0 spiro atoms. The van der Waals surface area contributed by atoms with Crippen LogP contribution < -0.4 is 9.47 Å². The molecule has 28 heavy (non-hydrogen) atoms. The first-order chi connectivity index (χ1) is 13.1. The first kappa shape index (κ1) is 21.0. The van der Waals surface area contributed by atoms with Crippen molar-refractivity contribution in [3.63, 3.8) is 0 Å². The van der Waals surface area contributed by atoms with Crippen LogP contribution in [0.25, 0.3) is 21.5 Å². The van der Waals surface area contributed by atoms with Gasteiger partial charge in [0.25, 0.3) is 18.1 Å². The van der Waals surface area contributed by atoms with E-state index in [1.807, 2.05) is 6.92 Å². The van der Waals surface area contributed by atoms with Crippen molar-refractivity contribution in [2.45, 2.75) is 23.6 Å². The van der Waals surface area contributed by atoms with Gasteiger partial charge in [-0.25, -0.2) is 16.8 Å². The molecule has 0 fully saturated rings. The molecule has 0 aliphatic rings. The Bertz CT molecular complexity index is 1190. The van der Waals surface area contributed by atoms with Gasteiger partial charge in [0.1, 0.15) is 11.5 Å². The van der Waals surface area contributed by atoms with Crippen LogP contribution in [0.4, 0.5) is 0 Å². The number of benzene rings is 3. The first-order valence-electron chi connectivity index (χ1n) is 8.26. The van der Waals surface area contributed by atoms with Crippen LogP contribution >= 0.6 is 21.4 Å². The maximum absolute atomic E-state index is 11.8. The smallest absolute Gasteiger partial charge is 0.261 e. The van der Waals surface area contributed by atoms with Crippen LogP contribution in [0.5, 0.6) is 11.5 Å². The first-order valence-corrected chi connectivity index (χ1v) is 12.9. The second kappa shape index (κ2) is 7.59. The molecule has 3 aromatic carbocycles. The maximum Gasteiger partial charge on any atom is 0.261 e. The summed E-state index contributed by atoms with van der Waals surface area (Å²) in [5.74, 6) is 0.799. The summed E-state index contributed by atoms with van der Waals surface area (Å²) < 4.78 is 58.8. The fourth-order valence-corrected chi connectivity index (χ4v) is 4.57. The Hall–Kier alpha value is -1.74. The molecule has 0 atom stereocenters. The zero-order valence-corrected chi connectivity index (χ0v) is 18.0. The van der Waals surface area contributed by atoms with E-state index < -0.39 is 18.1 Å². The van der Waals surface area contributed by atoms with Gasteiger partial charge in [0, 0.05) is 42.9 Å². The van der Waals surface area contributed by atoms with Crippen molar-refractivity contribution in [2.75, 3.05) is 13.2 Å². The van der Waals surface area contributed by atoms with Crippen LogP contribution in [-0.4, -0.2) is 30.0 Å². The molecule has 3 aromatic rings. The van der Waals surface area contributed by atoms with Gasteiger partial charge in [0.15, 0.2) is 0 Å². The van der Waals surface area contributed by atoms with Gasteiger partial charge in [0.2, 0.25) is 0 Å². The van der Waals surface area contributed by atoms with Gasteiger partial charge in [0.05, 0.1) is 23.0 Å². The van der Waals surface area contributed by atoms with E-state index >= 15 is 0 Å². The molecule has 10 heteroatoms. The van der Waals surface area contributed by atoms with Gasteiger partial charge in [-0.3, -0.25) is 0 Å². The number of hydrogen-bond acceptors (Lipinski definition) is 6. The maximum atomic E-state index is 11.8. The second-order valence-corrected chi connectivity index (χ2v) is 10.9. The third-order valence-corrected chi connectivity index (χ3v) is 6.80. The van der Waals surface area contributed by atoms with Crippen LogP contribution in [0, 0.1) is 0 Å². The van der Waals surface area contributed by atoms with Crippen molar-refractivity contribution in [1.29, 1.82) is 0 Å². The monoisotopic (exact) mass is 462 g/mol. The van der Waals surface area contributed by atoms with E-state index in [4.69, 9.17) is 30.8 Å². The summed E-state index contributed by atoms with van der Waals surface area (Å²) in [5.41, 5.74) is 0. The minimum Gasteiger partial charge on any atom is -0.493 e. The van der Waals surface area contributed by atoms with Crippen LogP contribution in [0.3, 0.4) is 0 Å². The summed E-state index contributed by atoms with van der Waals surface area (Å²) in [7, 11) is 3.04. The summed E-state index contributed by atoms with van der Waals surface area (Å²) in [6.45, 7) is 4.19. The van der Waals surface area contributed by atoms with Gasteiger partial charge >= 0.3 is 0 Å². The van der Waals surface area contributed by atoms with Crippen molar-refractivity contribution >= 4 is 61.0 Å². The van der Waals surface area contributed by atoms with Crippen molar-refractivity contribution in [3.8, 4) is 11.5 Å². The average Bonchev–Trinajstić information content (AvgIpc) is 2.62. The lowest BCUT2D eigenvalue weighted by molar-refractivity contribution is 0.342. The highest BCUT2D eigenvalue weighted by molar-refractivity contribution is 8.14. The lowest BCUT2D eigenvalue weighted by Gasteiger charge is -2.17. The number of halogens is 2. The van der Waals surface area contributed by atoms with Gasteiger partial charge in [-0.05, 0) is 50.2 Å². The highest BCUT2D eigenvalue weighted by Crippen LogP contribution is 2.44. The second-order valence-electron chi connectivity index (χ2n) is 5.81. The number of ether oxygens (including phenoxy) is 2. The normalized spacial score (nSPS) is 12.4. The Labute approximate surface area is 171 Å². The molecule has 0 amide bonds. The van der Waals surface area contributed by atoms with Gasteiger partial charge in [-0.1, -0.05) is 0 Å². The minimum atomic E-state index is -3.98. The van der Waals surface area contributed by atoms with Gasteiger partial charge in [-0.2, -0.15) is 0 Å². The Balaban J connectivity index is 2.55. The van der Waals surface area contributed by atoms with E-state index in [1.54, 1.807) is 19.1 Å². The van der Waals surface area contributed by atoms with E-state index in [0.29, 0.717) is 39.7 Å². The molecule has 0 heterocycles. The Morgan fingerprint density at radius 2 is 1.04 bits per heavy atom. The third-order valence-electron chi connectivity index (χ3n) is 4.10. The van der Waals surface area contributed by atoms with Gasteiger partial charge in [-0.15, -0.1) is 0 Å². The Kier molecular flexibility index (Phi) is 5.69. The van der Waals surface area contributed by atoms with Crippen molar-refractivity contribution < 1.29 is 26.3 Å². The molecule has 0 saturated heterocycles. The average molecular weight is 463 g/mol. The summed E-state index contributed by atoms with van der Waals surface area (Å²) in [4.78, 5) is -0.212. The third kappa shape index (κ3) is 3.87. The quantitative estimate of drug-likeness (QED) is 0.391. The highest BCUT2D eigenvalue weighted by atomic mass is 35.7. The summed E-state index contributed by atoms with van der Waals surface area (Å²) >= 11 is 0. The fourth-order valence-electron chi connectivity index (χ4n) is 3.01. The standard InChI is InChI=1S/C18H16Cl2O6S2/c1-3-25-17-13-7-5-11(27(19,21)22)9-15(13)18(26-4-2)16-10-12(28(20,23)24)6-8-14(16)17/h5-10H,3-4H2,1-2H3. The molecule has 150 valence electrons. The molecule has 0 bridgehead atoms. The Morgan fingerprint density at radius 3 is 1.36 bits per heavy atom. The predicted molar refractivity (Wildman–Crippen MR) is 110 cm³/mol. The topological polar surface area (TPSA) is 86.7 Å². The van der Waals surface area contributed by atoms with Crippen LogP contribution in [0.15, 0.2) is 46.2 Å². The lowest BCUT2D eigenvalue weighted by atomic mass is 10.0. The van der Waals surface area contributed by atoms with E-state index in [2.05, 4.69) is 0 Å². The SMILES string of the molecule is CCOc1c2ccc(S(=O)(=O)Cl)cc2c(OCC)c2cc(S(=O)(=O)Cl)ccc12. The largest absolute Gasteiger partial charge is 0.493 e. The molecule has 6 nitrogen and oxygen atoms in total. The van der Waals surface area contributed by atoms with Crippen LogP contribution in [0.1, 0.15) is 13.8 Å². The number of hydrogen-bond donors (Lipinski definition) is 0. The fraction of sp³-hybridized carbons (Fsp3) is 0.222. The van der Waals surface area contributed by atoms with E-state index in [-0.39, 0.29) is 16.4 Å². The van der Waals surface area contributed by atoms with Crippen LogP contribution in [0.2, 0.25) is 0 Å². The number of fused-ring (bicyclic) bond motifs is 2. The summed E-state index contributed by atoms with van der Waals surface area (Å²) in [5, 5.41) is 2.10. The molecule has 0 aliphatic carbocycles. The molecule has 0 saturated carbocycles. The van der Waals surface area contributed by atoms with Crippen LogP contribution in [-0.2, 0) is 18.1 Å². The zero-order valence-electron chi connectivity index (χ0n) is 14.9. The molecule has 0 aromatic heterocycles. The summed E-state index contributed by atoms with van der Waals surface area (Å²) in [6.07, 6.45) is 0. The molecule has 0 aliphatic heterocycles. The molecule has 0 unspecified atom stereocenters. The predicted octanol–water partition coefficient (Wildman–Crippen LogP) is 4.65.